The lowest BCUT2D eigenvalue weighted by Gasteiger charge is -2.27. The van der Waals surface area contributed by atoms with E-state index in [1.165, 1.54) is 0 Å². The second kappa shape index (κ2) is 7.87. The second-order valence-corrected chi connectivity index (χ2v) is 7.65. The third-order valence-electron chi connectivity index (χ3n) is 5.84. The van der Waals surface area contributed by atoms with Gasteiger partial charge in [-0.2, -0.15) is 0 Å². The molecule has 6 heteroatoms. The zero-order chi connectivity index (χ0) is 20.4. The summed E-state index contributed by atoms with van der Waals surface area (Å²) in [5, 5.41) is 12.6. The first-order valence-electron chi connectivity index (χ1n) is 10.0. The monoisotopic (exact) mass is 395 g/mol. The Bertz CT molecular complexity index is 881. The summed E-state index contributed by atoms with van der Waals surface area (Å²) in [7, 11) is 0. The molecule has 2 aliphatic carbocycles. The van der Waals surface area contributed by atoms with Crippen LogP contribution in [-0.2, 0) is 14.3 Å². The lowest BCUT2D eigenvalue weighted by Crippen LogP contribution is -2.54. The van der Waals surface area contributed by atoms with Crippen molar-refractivity contribution >= 4 is 12.1 Å². The molecule has 0 bridgehead atoms. The van der Waals surface area contributed by atoms with Crippen LogP contribution >= 0.6 is 0 Å². The van der Waals surface area contributed by atoms with Crippen LogP contribution in [0.4, 0.5) is 4.79 Å². The molecular formula is C23H25NO5. The number of carbonyl (C=O) groups excluding carboxylic acids is 2. The van der Waals surface area contributed by atoms with Crippen LogP contribution in [0.15, 0.2) is 48.5 Å². The van der Waals surface area contributed by atoms with E-state index in [0.29, 0.717) is 12.8 Å². The second-order valence-electron chi connectivity index (χ2n) is 7.65. The van der Waals surface area contributed by atoms with Crippen LogP contribution in [0.2, 0.25) is 0 Å². The van der Waals surface area contributed by atoms with E-state index >= 15 is 0 Å². The predicted octanol–water partition coefficient (Wildman–Crippen LogP) is 3.37. The molecule has 2 unspecified atom stereocenters. The number of alkyl carbamates (subject to hydrolysis) is 1. The van der Waals surface area contributed by atoms with Gasteiger partial charge in [0.15, 0.2) is 0 Å². The van der Waals surface area contributed by atoms with Gasteiger partial charge >= 0.3 is 12.1 Å². The molecule has 4 rings (SSSR count). The number of fused-ring (bicyclic) bond motifs is 3. The van der Waals surface area contributed by atoms with Gasteiger partial charge in [0.2, 0.25) is 0 Å². The van der Waals surface area contributed by atoms with Crippen molar-refractivity contribution in [2.24, 2.45) is 0 Å². The molecule has 1 saturated carbocycles. The summed E-state index contributed by atoms with van der Waals surface area (Å²) in [5.74, 6) is -0.578. The van der Waals surface area contributed by atoms with E-state index in [2.05, 4.69) is 29.6 Å². The Labute approximate surface area is 169 Å². The predicted molar refractivity (Wildman–Crippen MR) is 107 cm³/mol. The molecule has 2 aromatic rings. The maximum absolute atomic E-state index is 12.6. The molecule has 2 aromatic carbocycles. The highest BCUT2D eigenvalue weighted by Crippen LogP contribution is 2.44. The van der Waals surface area contributed by atoms with Crippen molar-refractivity contribution in [3.05, 3.63) is 59.7 Å². The topological polar surface area (TPSA) is 84.9 Å². The molecule has 0 aromatic heterocycles. The summed E-state index contributed by atoms with van der Waals surface area (Å²) >= 11 is 0. The molecule has 1 fully saturated rings. The van der Waals surface area contributed by atoms with E-state index in [1.807, 2.05) is 24.3 Å². The van der Waals surface area contributed by atoms with Crippen molar-refractivity contribution < 1.29 is 24.2 Å². The molecule has 2 aliphatic rings. The maximum Gasteiger partial charge on any atom is 0.408 e. The minimum Gasteiger partial charge on any atom is -0.464 e. The molecule has 29 heavy (non-hydrogen) atoms. The number of aliphatic hydroxyl groups is 1. The number of aliphatic hydroxyl groups excluding tert-OH is 1. The first kappa shape index (κ1) is 19.5. The van der Waals surface area contributed by atoms with Gasteiger partial charge in [0.1, 0.15) is 12.1 Å². The largest absolute Gasteiger partial charge is 0.464 e. The Morgan fingerprint density at radius 2 is 1.69 bits per heavy atom. The fourth-order valence-corrected chi connectivity index (χ4v) is 4.47. The summed E-state index contributed by atoms with van der Waals surface area (Å²) in [6.45, 7) is 2.09. The molecule has 2 N–H and O–H groups in total. The maximum atomic E-state index is 12.6. The van der Waals surface area contributed by atoms with E-state index in [4.69, 9.17) is 9.47 Å². The summed E-state index contributed by atoms with van der Waals surface area (Å²) in [6.07, 6.45) is -0.419. The smallest absolute Gasteiger partial charge is 0.408 e. The number of carbonyl (C=O) groups is 2. The number of hydrogen-bond donors (Lipinski definition) is 2. The van der Waals surface area contributed by atoms with E-state index < -0.39 is 23.7 Å². The lowest BCUT2D eigenvalue weighted by molar-refractivity contribution is -0.151. The van der Waals surface area contributed by atoms with Crippen LogP contribution in [-0.4, -0.2) is 42.0 Å². The third-order valence-corrected chi connectivity index (χ3v) is 5.84. The average molecular weight is 395 g/mol. The first-order valence-corrected chi connectivity index (χ1v) is 10.0. The van der Waals surface area contributed by atoms with E-state index in [9.17, 15) is 14.7 Å². The summed E-state index contributed by atoms with van der Waals surface area (Å²) in [5.41, 5.74) is 3.33. The van der Waals surface area contributed by atoms with Gasteiger partial charge in [-0.15, -0.1) is 0 Å². The van der Waals surface area contributed by atoms with Crippen LogP contribution in [0.5, 0.6) is 0 Å². The molecule has 0 aliphatic heterocycles. The van der Waals surface area contributed by atoms with Crippen molar-refractivity contribution in [1.82, 2.24) is 5.32 Å². The Kier molecular flexibility index (Phi) is 5.28. The van der Waals surface area contributed by atoms with Crippen molar-refractivity contribution in [2.45, 2.75) is 43.7 Å². The molecule has 6 nitrogen and oxygen atoms in total. The quantitative estimate of drug-likeness (QED) is 0.759. The standard InChI is InChI=1S/C23H25NO5/c1-2-28-21(26)23(12-11-15(25)13-23)24-22(27)29-14-20-18-9-5-3-7-16(18)17-8-4-6-10-19(17)20/h3-10,15,20,25H,2,11-14H2,1H3,(H,24,27). The lowest BCUT2D eigenvalue weighted by atomic mass is 9.97. The zero-order valence-corrected chi connectivity index (χ0v) is 16.4. The average Bonchev–Trinajstić information content (AvgIpc) is 3.25. The number of nitrogens with one attached hydrogen (secondary N) is 1. The minimum atomic E-state index is -1.22. The molecule has 2 atom stereocenters. The fraction of sp³-hybridized carbons (Fsp3) is 0.391. The van der Waals surface area contributed by atoms with Gasteiger partial charge in [-0.25, -0.2) is 9.59 Å². The van der Waals surface area contributed by atoms with Crippen molar-refractivity contribution in [1.29, 1.82) is 0 Å². The molecule has 1 amide bonds. The highest BCUT2D eigenvalue weighted by molar-refractivity contribution is 5.86. The zero-order valence-electron chi connectivity index (χ0n) is 16.4. The van der Waals surface area contributed by atoms with Gasteiger partial charge in [0, 0.05) is 12.3 Å². The number of rotatable bonds is 5. The van der Waals surface area contributed by atoms with Gasteiger partial charge in [0.25, 0.3) is 0 Å². The third kappa shape index (κ3) is 3.60. The Morgan fingerprint density at radius 3 is 2.24 bits per heavy atom. The fourth-order valence-electron chi connectivity index (χ4n) is 4.47. The Morgan fingerprint density at radius 1 is 1.07 bits per heavy atom. The normalized spacial score (nSPS) is 22.6. The molecular weight excluding hydrogens is 370 g/mol. The van der Waals surface area contributed by atoms with Crippen LogP contribution in [0.25, 0.3) is 11.1 Å². The number of amides is 1. The number of esters is 1. The van der Waals surface area contributed by atoms with Gasteiger partial charge in [0.05, 0.1) is 12.7 Å². The highest BCUT2D eigenvalue weighted by atomic mass is 16.6. The highest BCUT2D eigenvalue weighted by Gasteiger charge is 2.48. The van der Waals surface area contributed by atoms with E-state index in [0.717, 1.165) is 22.3 Å². The van der Waals surface area contributed by atoms with Gasteiger partial charge < -0.3 is 19.9 Å². The molecule has 152 valence electrons. The first-order chi connectivity index (χ1) is 14.0. The van der Waals surface area contributed by atoms with Gasteiger partial charge in [-0.3, -0.25) is 0 Å². The molecule has 0 saturated heterocycles. The Hall–Kier alpha value is -2.86. The van der Waals surface area contributed by atoms with Crippen LogP contribution in [0.3, 0.4) is 0 Å². The minimum absolute atomic E-state index is 0.0548. The van der Waals surface area contributed by atoms with Crippen molar-refractivity contribution in [3.8, 4) is 11.1 Å². The summed E-state index contributed by atoms with van der Waals surface area (Å²) in [6, 6.07) is 16.2. The summed E-state index contributed by atoms with van der Waals surface area (Å²) < 4.78 is 10.7. The SMILES string of the molecule is CCOC(=O)C1(NC(=O)OCC2c3ccccc3-c3ccccc32)CCC(O)C1. The van der Waals surface area contributed by atoms with Crippen LogP contribution in [0, 0.1) is 0 Å². The number of hydrogen-bond acceptors (Lipinski definition) is 5. The number of ether oxygens (including phenoxy) is 2. The Balaban J connectivity index is 1.48. The molecule has 0 radical (unpaired) electrons. The van der Waals surface area contributed by atoms with Crippen molar-refractivity contribution in [3.63, 3.8) is 0 Å². The van der Waals surface area contributed by atoms with Crippen molar-refractivity contribution in [2.75, 3.05) is 13.2 Å². The summed E-state index contributed by atoms with van der Waals surface area (Å²) in [4.78, 5) is 25.0. The van der Waals surface area contributed by atoms with Gasteiger partial charge in [-0.05, 0) is 42.0 Å². The molecule has 0 heterocycles. The van der Waals surface area contributed by atoms with E-state index in [-0.39, 0.29) is 25.6 Å². The van der Waals surface area contributed by atoms with Crippen LogP contribution < -0.4 is 5.32 Å². The van der Waals surface area contributed by atoms with Gasteiger partial charge in [-0.1, -0.05) is 48.5 Å². The molecule has 0 spiro atoms. The van der Waals surface area contributed by atoms with E-state index in [1.54, 1.807) is 6.92 Å². The van der Waals surface area contributed by atoms with Crippen LogP contribution in [0.1, 0.15) is 43.2 Å². The number of benzene rings is 2.